The number of amides is 1. The van der Waals surface area contributed by atoms with Crippen molar-refractivity contribution in [3.63, 3.8) is 0 Å². The fraction of sp³-hybridized carbons (Fsp3) is 0.571. The van der Waals surface area contributed by atoms with Gasteiger partial charge in [0.25, 0.3) is 5.56 Å². The van der Waals surface area contributed by atoms with Crippen LogP contribution in [0.5, 0.6) is 0 Å². The number of carbonyl (C=O) groups excluding carboxylic acids is 1. The molecule has 0 aliphatic carbocycles. The number of hydrogen-bond donors (Lipinski definition) is 3. The Morgan fingerprint density at radius 1 is 1.63 bits per heavy atom. The van der Waals surface area contributed by atoms with E-state index in [2.05, 4.69) is 30.3 Å². The van der Waals surface area contributed by atoms with Gasteiger partial charge in [-0.15, -0.1) is 0 Å². The maximum atomic E-state index is 14.5. The molecule has 4 atom stereocenters. The van der Waals surface area contributed by atoms with Crippen LogP contribution in [-0.2, 0) is 9.53 Å². The monoisotopic (exact) mass is 380 g/mol. The van der Waals surface area contributed by atoms with Gasteiger partial charge in [0, 0.05) is 10.8 Å². The van der Waals surface area contributed by atoms with E-state index in [1.807, 2.05) is 0 Å². The molecule has 0 spiro atoms. The molecule has 1 amide bonds. The Morgan fingerprint density at radius 2 is 2.37 bits per heavy atom. The summed E-state index contributed by atoms with van der Waals surface area (Å²) in [4.78, 5) is 36.9. The molecule has 1 fully saturated rings. The van der Waals surface area contributed by atoms with Crippen molar-refractivity contribution in [1.29, 1.82) is 0 Å². The highest BCUT2D eigenvalue weighted by Crippen LogP contribution is 2.33. The molecule has 1 aliphatic rings. The second kappa shape index (κ2) is 7.31. The molecule has 27 heavy (non-hydrogen) atoms. The van der Waals surface area contributed by atoms with Gasteiger partial charge in [-0.25, -0.2) is 9.37 Å². The van der Waals surface area contributed by atoms with Crippen LogP contribution in [0.3, 0.4) is 0 Å². The third-order valence-corrected chi connectivity index (χ3v) is 4.09. The standard InChI is InChI=1S/C14H17FN8O4/c1-5(2)11(25)20-14-19-10-8(12(26)21-14)17-4-23(10)13-7(15)9(24)6(27-13)3-18-22-16/h4-7,9,13,24H,3H2,1-2H3,(H2,19,20,21,25,26)/t6-,7-,9-,13-/m1/s1. The number of anilines is 1. The predicted molar refractivity (Wildman–Crippen MR) is 90.4 cm³/mol. The SMILES string of the molecule is CC(C)C(=O)Nc1nc2c(ncn2[C@@H]2O[C@H](CN=[N+]=[N-])[C@@H](O)[C@H]2F)c(=O)[nH]1. The zero-order valence-electron chi connectivity index (χ0n) is 14.4. The smallest absolute Gasteiger partial charge is 0.280 e. The highest BCUT2D eigenvalue weighted by Gasteiger charge is 2.45. The fourth-order valence-electron chi connectivity index (χ4n) is 2.63. The summed E-state index contributed by atoms with van der Waals surface area (Å²) in [6.45, 7) is 3.08. The Bertz CT molecular complexity index is 966. The van der Waals surface area contributed by atoms with Crippen LogP contribution in [0.1, 0.15) is 20.1 Å². The highest BCUT2D eigenvalue weighted by atomic mass is 19.1. The molecule has 3 heterocycles. The largest absolute Gasteiger partial charge is 0.387 e. The topological polar surface area (TPSA) is 171 Å². The van der Waals surface area contributed by atoms with Gasteiger partial charge in [0.05, 0.1) is 19.0 Å². The lowest BCUT2D eigenvalue weighted by Gasteiger charge is -2.15. The molecule has 0 saturated carbocycles. The summed E-state index contributed by atoms with van der Waals surface area (Å²) in [5.74, 6) is -0.831. The summed E-state index contributed by atoms with van der Waals surface area (Å²) in [6, 6.07) is 0. The van der Waals surface area contributed by atoms with Gasteiger partial charge in [-0.05, 0) is 5.53 Å². The Balaban J connectivity index is 1.97. The van der Waals surface area contributed by atoms with Gasteiger partial charge in [-0.3, -0.25) is 24.5 Å². The number of nitrogens with zero attached hydrogens (tertiary/aromatic N) is 6. The van der Waals surface area contributed by atoms with E-state index in [1.54, 1.807) is 13.8 Å². The molecule has 144 valence electrons. The van der Waals surface area contributed by atoms with E-state index in [0.29, 0.717) is 0 Å². The minimum atomic E-state index is -1.86. The van der Waals surface area contributed by atoms with Crippen molar-refractivity contribution in [2.45, 2.75) is 38.5 Å². The molecule has 2 aromatic rings. The van der Waals surface area contributed by atoms with Gasteiger partial charge in [-0.2, -0.15) is 4.98 Å². The number of carbonyl (C=O) groups is 1. The maximum absolute atomic E-state index is 14.5. The molecule has 0 unspecified atom stereocenters. The lowest BCUT2D eigenvalue weighted by atomic mass is 10.1. The number of aromatic nitrogens is 4. The normalized spacial score (nSPS) is 24.9. The molecule has 0 aromatic carbocycles. The molecule has 12 nitrogen and oxygen atoms in total. The number of aliphatic hydroxyl groups is 1. The Labute approximate surface area is 151 Å². The number of hydrogen-bond acceptors (Lipinski definition) is 7. The van der Waals surface area contributed by atoms with Crippen LogP contribution in [0.15, 0.2) is 16.2 Å². The van der Waals surface area contributed by atoms with Crippen molar-refractivity contribution in [2.75, 3.05) is 11.9 Å². The number of ether oxygens (including phenoxy) is 1. The second-order valence-electron chi connectivity index (χ2n) is 6.30. The molecular weight excluding hydrogens is 363 g/mol. The van der Waals surface area contributed by atoms with Crippen molar-refractivity contribution < 1.29 is 19.0 Å². The molecule has 2 aromatic heterocycles. The predicted octanol–water partition coefficient (Wildman–Crippen LogP) is 0.621. The number of azide groups is 1. The average Bonchev–Trinajstić information content (AvgIpc) is 3.16. The number of imidazole rings is 1. The minimum absolute atomic E-state index is 0.0258. The zero-order chi connectivity index (χ0) is 19.7. The maximum Gasteiger partial charge on any atom is 0.280 e. The second-order valence-corrected chi connectivity index (χ2v) is 6.30. The van der Waals surface area contributed by atoms with Gasteiger partial charge in [0.15, 0.2) is 23.6 Å². The summed E-state index contributed by atoms with van der Waals surface area (Å²) in [5.41, 5.74) is 7.64. The number of rotatable bonds is 5. The summed E-state index contributed by atoms with van der Waals surface area (Å²) in [5, 5.41) is 15.7. The highest BCUT2D eigenvalue weighted by molar-refractivity contribution is 5.91. The molecule has 0 bridgehead atoms. The molecule has 1 saturated heterocycles. The number of halogens is 1. The lowest BCUT2D eigenvalue weighted by molar-refractivity contribution is -0.118. The Morgan fingerprint density at radius 3 is 3.04 bits per heavy atom. The van der Waals surface area contributed by atoms with Crippen molar-refractivity contribution in [3.8, 4) is 0 Å². The van der Waals surface area contributed by atoms with Crippen LogP contribution in [0.2, 0.25) is 0 Å². The summed E-state index contributed by atoms with van der Waals surface area (Å²) in [6.07, 6.45) is -4.62. The summed E-state index contributed by atoms with van der Waals surface area (Å²) >= 11 is 0. The lowest BCUT2D eigenvalue weighted by Crippen LogP contribution is -2.30. The molecule has 13 heteroatoms. The van der Waals surface area contributed by atoms with E-state index in [9.17, 15) is 19.1 Å². The van der Waals surface area contributed by atoms with Gasteiger partial charge < -0.3 is 9.84 Å². The first-order chi connectivity index (χ1) is 12.8. The quantitative estimate of drug-likeness (QED) is 0.390. The van der Waals surface area contributed by atoms with Crippen LogP contribution in [0, 0.1) is 5.92 Å². The van der Waals surface area contributed by atoms with Crippen LogP contribution in [0.4, 0.5) is 10.3 Å². The first-order valence-corrected chi connectivity index (χ1v) is 8.09. The van der Waals surface area contributed by atoms with E-state index < -0.39 is 30.2 Å². The van der Waals surface area contributed by atoms with Gasteiger partial charge in [-0.1, -0.05) is 19.0 Å². The average molecular weight is 380 g/mol. The van der Waals surface area contributed by atoms with Gasteiger partial charge in [0.1, 0.15) is 6.10 Å². The molecular formula is C14H17FN8O4. The van der Waals surface area contributed by atoms with Crippen LogP contribution in [-0.4, -0.2) is 55.5 Å². The summed E-state index contributed by atoms with van der Waals surface area (Å²) in [7, 11) is 0. The van der Waals surface area contributed by atoms with Crippen LogP contribution >= 0.6 is 0 Å². The number of alkyl halides is 1. The third kappa shape index (κ3) is 3.47. The first-order valence-electron chi connectivity index (χ1n) is 8.09. The molecule has 3 rings (SSSR count). The van der Waals surface area contributed by atoms with Crippen LogP contribution in [0.25, 0.3) is 21.6 Å². The minimum Gasteiger partial charge on any atom is -0.387 e. The Hall–Kier alpha value is -3.02. The van der Waals surface area contributed by atoms with E-state index in [-0.39, 0.29) is 35.5 Å². The van der Waals surface area contributed by atoms with Crippen molar-refractivity contribution in [1.82, 2.24) is 19.5 Å². The van der Waals surface area contributed by atoms with E-state index in [4.69, 9.17) is 10.3 Å². The molecule has 0 radical (unpaired) electrons. The number of nitrogens with one attached hydrogen (secondary N) is 2. The molecule has 3 N–H and O–H groups in total. The summed E-state index contributed by atoms with van der Waals surface area (Å²) < 4.78 is 21.1. The van der Waals surface area contributed by atoms with Crippen molar-refractivity contribution in [2.24, 2.45) is 11.0 Å². The van der Waals surface area contributed by atoms with E-state index >= 15 is 0 Å². The van der Waals surface area contributed by atoms with Gasteiger partial charge in [0.2, 0.25) is 11.9 Å². The van der Waals surface area contributed by atoms with Crippen molar-refractivity contribution in [3.05, 3.63) is 27.1 Å². The fourth-order valence-corrected chi connectivity index (χ4v) is 2.63. The van der Waals surface area contributed by atoms with E-state index in [0.717, 1.165) is 10.9 Å². The zero-order valence-corrected chi connectivity index (χ0v) is 14.4. The van der Waals surface area contributed by atoms with Crippen LogP contribution < -0.4 is 10.9 Å². The number of fused-ring (bicyclic) bond motifs is 1. The number of H-pyrrole nitrogens is 1. The first kappa shape index (κ1) is 18.8. The van der Waals surface area contributed by atoms with E-state index in [1.165, 1.54) is 0 Å². The number of aromatic amines is 1. The third-order valence-electron chi connectivity index (χ3n) is 4.09. The molecule has 1 aliphatic heterocycles. The van der Waals surface area contributed by atoms with Gasteiger partial charge >= 0.3 is 0 Å². The van der Waals surface area contributed by atoms with Crippen molar-refractivity contribution >= 4 is 23.0 Å². The Kier molecular flexibility index (Phi) is 5.08. The number of aliphatic hydroxyl groups excluding tert-OH is 1.